The summed E-state index contributed by atoms with van der Waals surface area (Å²) in [6.07, 6.45) is 4.50. The Labute approximate surface area is 124 Å². The van der Waals surface area contributed by atoms with Gasteiger partial charge in [0, 0.05) is 24.3 Å². The van der Waals surface area contributed by atoms with Crippen molar-refractivity contribution in [2.24, 2.45) is 0 Å². The molecule has 0 saturated heterocycles. The third-order valence-electron chi connectivity index (χ3n) is 3.48. The van der Waals surface area contributed by atoms with Gasteiger partial charge in [-0.1, -0.05) is 13.0 Å². The van der Waals surface area contributed by atoms with Crippen LogP contribution in [-0.4, -0.2) is 23.4 Å². The molecule has 5 heteroatoms. The van der Waals surface area contributed by atoms with Crippen LogP contribution in [0.15, 0.2) is 30.6 Å². The molecule has 1 aromatic carbocycles. The second-order valence-electron chi connectivity index (χ2n) is 4.87. The van der Waals surface area contributed by atoms with Crippen LogP contribution in [0, 0.1) is 5.82 Å². The number of aromatic nitrogens is 2. The Morgan fingerprint density at radius 2 is 2.19 bits per heavy atom. The summed E-state index contributed by atoms with van der Waals surface area (Å²) < 4.78 is 21.4. The monoisotopic (exact) mass is 291 g/mol. The van der Waals surface area contributed by atoms with Crippen LogP contribution in [0.4, 0.5) is 4.39 Å². The number of methoxy groups -OCH3 is 1. The molecular formula is C16H22FN3O. The van der Waals surface area contributed by atoms with Crippen molar-refractivity contribution in [1.82, 2.24) is 15.1 Å². The largest absolute Gasteiger partial charge is 0.496 e. The first kappa shape index (κ1) is 15.5. The summed E-state index contributed by atoms with van der Waals surface area (Å²) >= 11 is 0. The second kappa shape index (κ2) is 7.22. The van der Waals surface area contributed by atoms with Crippen LogP contribution in [0.1, 0.15) is 31.0 Å². The first-order chi connectivity index (χ1) is 10.2. The lowest BCUT2D eigenvalue weighted by molar-refractivity contribution is 0.390. The molecule has 0 amide bonds. The van der Waals surface area contributed by atoms with Crippen molar-refractivity contribution in [1.29, 1.82) is 0 Å². The fourth-order valence-corrected chi connectivity index (χ4v) is 2.48. The van der Waals surface area contributed by atoms with Gasteiger partial charge in [0.15, 0.2) is 0 Å². The van der Waals surface area contributed by atoms with Gasteiger partial charge in [0.1, 0.15) is 11.6 Å². The lowest BCUT2D eigenvalue weighted by Crippen LogP contribution is -2.24. The van der Waals surface area contributed by atoms with Crippen molar-refractivity contribution < 1.29 is 9.13 Å². The molecule has 1 heterocycles. The highest BCUT2D eigenvalue weighted by molar-refractivity contribution is 5.38. The third-order valence-corrected chi connectivity index (χ3v) is 3.48. The minimum Gasteiger partial charge on any atom is -0.496 e. The quantitative estimate of drug-likeness (QED) is 0.852. The van der Waals surface area contributed by atoms with Gasteiger partial charge in [0.2, 0.25) is 0 Å². The molecule has 1 N–H and O–H groups in total. The van der Waals surface area contributed by atoms with E-state index in [1.807, 2.05) is 30.9 Å². The van der Waals surface area contributed by atoms with Crippen LogP contribution >= 0.6 is 0 Å². The highest BCUT2D eigenvalue weighted by Gasteiger charge is 2.20. The zero-order valence-corrected chi connectivity index (χ0v) is 12.8. The maximum atomic E-state index is 14.2. The minimum absolute atomic E-state index is 0.138. The van der Waals surface area contributed by atoms with E-state index in [4.69, 9.17) is 4.74 Å². The number of benzene rings is 1. The van der Waals surface area contributed by atoms with Crippen LogP contribution in [-0.2, 0) is 13.0 Å². The number of hydrogen-bond acceptors (Lipinski definition) is 3. The lowest BCUT2D eigenvalue weighted by atomic mass is 9.99. The molecule has 2 rings (SSSR count). The highest BCUT2D eigenvalue weighted by atomic mass is 19.1. The molecule has 0 saturated carbocycles. The Balaban J connectivity index is 2.30. The summed E-state index contributed by atoms with van der Waals surface area (Å²) in [5.74, 6) is 0.326. The second-order valence-corrected chi connectivity index (χ2v) is 4.87. The van der Waals surface area contributed by atoms with Crippen molar-refractivity contribution in [3.05, 3.63) is 47.5 Å². The molecule has 0 radical (unpaired) electrons. The Morgan fingerprint density at radius 3 is 2.81 bits per heavy atom. The highest BCUT2D eigenvalue weighted by Crippen LogP contribution is 2.30. The Morgan fingerprint density at radius 1 is 1.38 bits per heavy atom. The van der Waals surface area contributed by atoms with Crippen molar-refractivity contribution in [2.45, 2.75) is 32.9 Å². The predicted molar refractivity (Wildman–Crippen MR) is 81.0 cm³/mol. The van der Waals surface area contributed by atoms with Crippen LogP contribution in [0.25, 0.3) is 0 Å². The summed E-state index contributed by atoms with van der Waals surface area (Å²) in [6.45, 7) is 5.63. The van der Waals surface area contributed by atoms with E-state index in [1.165, 1.54) is 6.07 Å². The normalized spacial score (nSPS) is 12.4. The van der Waals surface area contributed by atoms with Gasteiger partial charge < -0.3 is 10.1 Å². The molecule has 2 aromatic rings. The van der Waals surface area contributed by atoms with Gasteiger partial charge in [0.05, 0.1) is 13.3 Å². The Hall–Kier alpha value is -1.88. The van der Waals surface area contributed by atoms with E-state index in [-0.39, 0.29) is 11.9 Å². The van der Waals surface area contributed by atoms with E-state index >= 15 is 0 Å². The molecule has 114 valence electrons. The lowest BCUT2D eigenvalue weighted by Gasteiger charge is -2.20. The Kier molecular flexibility index (Phi) is 5.33. The third kappa shape index (κ3) is 3.61. The van der Waals surface area contributed by atoms with E-state index in [1.54, 1.807) is 19.2 Å². The average molecular weight is 291 g/mol. The van der Waals surface area contributed by atoms with Gasteiger partial charge >= 0.3 is 0 Å². The molecule has 0 bridgehead atoms. The van der Waals surface area contributed by atoms with Gasteiger partial charge in [-0.25, -0.2) is 4.39 Å². The van der Waals surface area contributed by atoms with Crippen LogP contribution in [0.2, 0.25) is 0 Å². The topological polar surface area (TPSA) is 39.1 Å². The summed E-state index contributed by atoms with van der Waals surface area (Å²) in [4.78, 5) is 0. The summed E-state index contributed by atoms with van der Waals surface area (Å²) in [5, 5.41) is 7.60. The SMILES string of the molecule is CCNC(Cc1cnn(CC)c1)c1c(F)cccc1OC. The maximum Gasteiger partial charge on any atom is 0.131 e. The van der Waals surface area contributed by atoms with E-state index in [2.05, 4.69) is 10.4 Å². The molecule has 1 unspecified atom stereocenters. The van der Waals surface area contributed by atoms with Gasteiger partial charge in [-0.2, -0.15) is 5.10 Å². The molecule has 21 heavy (non-hydrogen) atoms. The minimum atomic E-state index is -0.247. The number of likely N-dealkylation sites (N-methyl/N-ethyl adjacent to an activating group) is 1. The zero-order chi connectivity index (χ0) is 15.2. The predicted octanol–water partition coefficient (Wildman–Crippen LogP) is 2.94. The first-order valence-electron chi connectivity index (χ1n) is 7.26. The van der Waals surface area contributed by atoms with Crippen molar-refractivity contribution in [3.8, 4) is 5.75 Å². The molecule has 1 atom stereocenters. The molecule has 0 spiro atoms. The number of aryl methyl sites for hydroxylation is 1. The van der Waals surface area contributed by atoms with Gasteiger partial charge in [-0.3, -0.25) is 4.68 Å². The Bertz CT molecular complexity index is 583. The number of rotatable bonds is 7. The van der Waals surface area contributed by atoms with Crippen molar-refractivity contribution >= 4 is 0 Å². The fraction of sp³-hybridized carbons (Fsp3) is 0.438. The molecule has 4 nitrogen and oxygen atoms in total. The number of halogens is 1. The van der Waals surface area contributed by atoms with Crippen molar-refractivity contribution in [3.63, 3.8) is 0 Å². The first-order valence-corrected chi connectivity index (χ1v) is 7.26. The van der Waals surface area contributed by atoms with E-state index < -0.39 is 0 Å². The average Bonchev–Trinajstić information content (AvgIpc) is 2.94. The number of nitrogens with zero attached hydrogens (tertiary/aromatic N) is 2. The fourth-order valence-electron chi connectivity index (χ4n) is 2.48. The maximum absolute atomic E-state index is 14.2. The number of hydrogen-bond donors (Lipinski definition) is 1. The molecular weight excluding hydrogens is 269 g/mol. The molecule has 1 aromatic heterocycles. The number of ether oxygens (including phenoxy) is 1. The van der Waals surface area contributed by atoms with Crippen LogP contribution in [0.5, 0.6) is 5.75 Å². The van der Waals surface area contributed by atoms with E-state index in [9.17, 15) is 4.39 Å². The van der Waals surface area contributed by atoms with Gasteiger partial charge in [0.25, 0.3) is 0 Å². The van der Waals surface area contributed by atoms with E-state index in [0.29, 0.717) is 17.7 Å². The standard InChI is InChI=1S/C16H22FN3O/c1-4-18-14(9-12-10-19-20(5-2)11-12)16-13(17)7-6-8-15(16)21-3/h6-8,10-11,14,18H,4-5,9H2,1-3H3. The van der Waals surface area contributed by atoms with Gasteiger partial charge in [-0.15, -0.1) is 0 Å². The molecule has 0 fully saturated rings. The zero-order valence-electron chi connectivity index (χ0n) is 12.8. The van der Waals surface area contributed by atoms with Crippen LogP contribution < -0.4 is 10.1 Å². The summed E-state index contributed by atoms with van der Waals surface area (Å²) in [6, 6.07) is 4.78. The summed E-state index contributed by atoms with van der Waals surface area (Å²) in [7, 11) is 1.57. The molecule has 0 aliphatic carbocycles. The number of nitrogens with one attached hydrogen (secondary N) is 1. The van der Waals surface area contributed by atoms with Crippen molar-refractivity contribution in [2.75, 3.05) is 13.7 Å². The van der Waals surface area contributed by atoms with Crippen LogP contribution in [0.3, 0.4) is 0 Å². The van der Waals surface area contributed by atoms with E-state index in [0.717, 1.165) is 18.7 Å². The molecule has 0 aliphatic rings. The smallest absolute Gasteiger partial charge is 0.131 e. The van der Waals surface area contributed by atoms with Gasteiger partial charge in [-0.05, 0) is 37.6 Å². The summed E-state index contributed by atoms with van der Waals surface area (Å²) in [5.41, 5.74) is 1.65. The molecule has 0 aliphatic heterocycles.